The summed E-state index contributed by atoms with van der Waals surface area (Å²) < 4.78 is 5.14. The minimum Gasteiger partial charge on any atom is -0.497 e. The standard InChI is InChI=1S/C22H23N3O2/c1-16-4-3-5-19(14-16)25-21-11-8-18(15-24-21)22(26)23-13-12-17-6-9-20(27-2)10-7-17/h3-11,14-15H,12-13H2,1-2H3,(H,23,26)(H,24,25). The minimum atomic E-state index is -0.127. The lowest BCUT2D eigenvalue weighted by molar-refractivity contribution is 0.0954. The van der Waals surface area contributed by atoms with E-state index in [0.717, 1.165) is 23.4 Å². The van der Waals surface area contributed by atoms with Gasteiger partial charge in [0.15, 0.2) is 0 Å². The fourth-order valence-electron chi connectivity index (χ4n) is 2.69. The summed E-state index contributed by atoms with van der Waals surface area (Å²) in [6, 6.07) is 19.5. The number of aromatic nitrogens is 1. The Bertz CT molecular complexity index is 890. The van der Waals surface area contributed by atoms with Crippen molar-refractivity contribution in [3.63, 3.8) is 0 Å². The van der Waals surface area contributed by atoms with E-state index in [1.165, 1.54) is 5.56 Å². The van der Waals surface area contributed by atoms with Crippen LogP contribution in [-0.2, 0) is 6.42 Å². The number of benzene rings is 2. The second kappa shape index (κ2) is 8.85. The van der Waals surface area contributed by atoms with Crippen LogP contribution in [0.25, 0.3) is 0 Å². The number of rotatable bonds is 7. The van der Waals surface area contributed by atoms with Crippen LogP contribution in [0.5, 0.6) is 5.75 Å². The van der Waals surface area contributed by atoms with Gasteiger partial charge in [-0.1, -0.05) is 24.3 Å². The topological polar surface area (TPSA) is 63.2 Å². The first-order valence-electron chi connectivity index (χ1n) is 8.85. The van der Waals surface area contributed by atoms with Gasteiger partial charge in [0.1, 0.15) is 11.6 Å². The lowest BCUT2D eigenvalue weighted by atomic mass is 10.1. The largest absolute Gasteiger partial charge is 0.497 e. The molecule has 0 radical (unpaired) electrons. The molecule has 0 atom stereocenters. The van der Waals surface area contributed by atoms with Gasteiger partial charge in [0, 0.05) is 18.4 Å². The van der Waals surface area contributed by atoms with Crippen molar-refractivity contribution in [1.82, 2.24) is 10.3 Å². The molecule has 0 bridgehead atoms. The highest BCUT2D eigenvalue weighted by Crippen LogP contribution is 2.16. The van der Waals surface area contributed by atoms with E-state index in [1.807, 2.05) is 55.5 Å². The molecule has 0 unspecified atom stereocenters. The molecule has 5 heteroatoms. The van der Waals surface area contributed by atoms with E-state index in [-0.39, 0.29) is 5.91 Å². The lowest BCUT2D eigenvalue weighted by Crippen LogP contribution is -2.25. The maximum Gasteiger partial charge on any atom is 0.252 e. The Hall–Kier alpha value is -3.34. The molecule has 0 fully saturated rings. The summed E-state index contributed by atoms with van der Waals surface area (Å²) in [6.45, 7) is 2.60. The van der Waals surface area contributed by atoms with Crippen molar-refractivity contribution in [2.45, 2.75) is 13.3 Å². The van der Waals surface area contributed by atoms with E-state index in [1.54, 1.807) is 25.4 Å². The van der Waals surface area contributed by atoms with E-state index >= 15 is 0 Å². The molecule has 0 aliphatic rings. The van der Waals surface area contributed by atoms with Crippen LogP contribution in [0.2, 0.25) is 0 Å². The molecule has 0 saturated heterocycles. The van der Waals surface area contributed by atoms with Crippen LogP contribution in [-0.4, -0.2) is 24.5 Å². The third-order valence-electron chi connectivity index (χ3n) is 4.17. The molecule has 2 N–H and O–H groups in total. The Morgan fingerprint density at radius 1 is 1.07 bits per heavy atom. The Labute approximate surface area is 159 Å². The normalized spacial score (nSPS) is 10.3. The van der Waals surface area contributed by atoms with Crippen molar-refractivity contribution in [2.75, 3.05) is 19.0 Å². The molecular formula is C22H23N3O2. The molecule has 3 aromatic rings. The van der Waals surface area contributed by atoms with Gasteiger partial charge >= 0.3 is 0 Å². The van der Waals surface area contributed by atoms with Gasteiger partial charge in [0.25, 0.3) is 5.91 Å². The molecular weight excluding hydrogens is 338 g/mol. The Morgan fingerprint density at radius 3 is 2.56 bits per heavy atom. The highest BCUT2D eigenvalue weighted by molar-refractivity contribution is 5.94. The zero-order valence-electron chi connectivity index (χ0n) is 15.5. The molecule has 0 saturated carbocycles. The molecule has 0 spiro atoms. The summed E-state index contributed by atoms with van der Waals surface area (Å²) in [5.41, 5.74) is 3.83. The molecule has 3 rings (SSSR count). The Kier molecular flexibility index (Phi) is 6.05. The highest BCUT2D eigenvalue weighted by Gasteiger charge is 2.06. The monoisotopic (exact) mass is 361 g/mol. The molecule has 1 aromatic heterocycles. The van der Waals surface area contributed by atoms with Crippen LogP contribution in [0.15, 0.2) is 66.9 Å². The number of amides is 1. The molecule has 27 heavy (non-hydrogen) atoms. The van der Waals surface area contributed by atoms with Crippen LogP contribution in [0.1, 0.15) is 21.5 Å². The van der Waals surface area contributed by atoms with Crippen molar-refractivity contribution in [3.05, 3.63) is 83.6 Å². The summed E-state index contributed by atoms with van der Waals surface area (Å²) in [4.78, 5) is 16.6. The van der Waals surface area contributed by atoms with Crippen LogP contribution in [0, 0.1) is 6.92 Å². The first-order valence-corrected chi connectivity index (χ1v) is 8.85. The maximum absolute atomic E-state index is 12.3. The molecule has 138 valence electrons. The summed E-state index contributed by atoms with van der Waals surface area (Å²) in [5, 5.41) is 6.15. The van der Waals surface area contributed by atoms with Crippen molar-refractivity contribution in [3.8, 4) is 5.75 Å². The van der Waals surface area contributed by atoms with E-state index in [0.29, 0.717) is 17.9 Å². The number of methoxy groups -OCH3 is 1. The van der Waals surface area contributed by atoms with E-state index < -0.39 is 0 Å². The Balaban J connectivity index is 1.51. The maximum atomic E-state index is 12.3. The van der Waals surface area contributed by atoms with Gasteiger partial charge in [0.05, 0.1) is 12.7 Å². The van der Waals surface area contributed by atoms with Gasteiger partial charge in [-0.25, -0.2) is 4.98 Å². The van der Waals surface area contributed by atoms with Crippen LogP contribution < -0.4 is 15.4 Å². The van der Waals surface area contributed by atoms with Crippen molar-refractivity contribution in [2.24, 2.45) is 0 Å². The van der Waals surface area contributed by atoms with E-state index in [2.05, 4.69) is 15.6 Å². The van der Waals surface area contributed by atoms with Gasteiger partial charge in [0.2, 0.25) is 0 Å². The average molecular weight is 361 g/mol. The van der Waals surface area contributed by atoms with Gasteiger partial charge in [-0.3, -0.25) is 4.79 Å². The predicted molar refractivity (Wildman–Crippen MR) is 108 cm³/mol. The number of hydrogen-bond acceptors (Lipinski definition) is 4. The third kappa shape index (κ3) is 5.31. The van der Waals surface area contributed by atoms with Crippen molar-refractivity contribution in [1.29, 1.82) is 0 Å². The molecule has 1 heterocycles. The second-order valence-corrected chi connectivity index (χ2v) is 6.28. The van der Waals surface area contributed by atoms with E-state index in [9.17, 15) is 4.79 Å². The van der Waals surface area contributed by atoms with Crippen molar-refractivity contribution >= 4 is 17.4 Å². The Morgan fingerprint density at radius 2 is 1.89 bits per heavy atom. The molecule has 0 aliphatic carbocycles. The number of anilines is 2. The summed E-state index contributed by atoms with van der Waals surface area (Å²) in [6.07, 6.45) is 2.34. The van der Waals surface area contributed by atoms with Crippen molar-refractivity contribution < 1.29 is 9.53 Å². The van der Waals surface area contributed by atoms with Gasteiger partial charge in [-0.05, 0) is 60.9 Å². The van der Waals surface area contributed by atoms with Crippen LogP contribution >= 0.6 is 0 Å². The average Bonchev–Trinajstić information content (AvgIpc) is 2.69. The lowest BCUT2D eigenvalue weighted by Gasteiger charge is -2.08. The van der Waals surface area contributed by atoms with Crippen LogP contribution in [0.3, 0.4) is 0 Å². The van der Waals surface area contributed by atoms with Gasteiger partial charge in [-0.15, -0.1) is 0 Å². The predicted octanol–water partition coefficient (Wildman–Crippen LogP) is 4.11. The number of aryl methyl sites for hydroxylation is 1. The first kappa shape index (κ1) is 18.5. The zero-order valence-corrected chi connectivity index (χ0v) is 15.5. The summed E-state index contributed by atoms with van der Waals surface area (Å²) in [5.74, 6) is 1.40. The van der Waals surface area contributed by atoms with Gasteiger partial charge < -0.3 is 15.4 Å². The quantitative estimate of drug-likeness (QED) is 0.665. The number of ether oxygens (including phenoxy) is 1. The SMILES string of the molecule is COc1ccc(CCNC(=O)c2ccc(Nc3cccc(C)c3)nc2)cc1. The van der Waals surface area contributed by atoms with Crippen LogP contribution in [0.4, 0.5) is 11.5 Å². The fraction of sp³-hybridized carbons (Fsp3) is 0.182. The highest BCUT2D eigenvalue weighted by atomic mass is 16.5. The molecule has 5 nitrogen and oxygen atoms in total. The number of carbonyl (C=O) groups excluding carboxylic acids is 1. The smallest absolute Gasteiger partial charge is 0.252 e. The summed E-state index contributed by atoms with van der Waals surface area (Å²) in [7, 11) is 1.64. The number of carbonyl (C=O) groups is 1. The number of hydrogen-bond donors (Lipinski definition) is 2. The minimum absolute atomic E-state index is 0.127. The van der Waals surface area contributed by atoms with E-state index in [4.69, 9.17) is 4.74 Å². The molecule has 2 aromatic carbocycles. The summed E-state index contributed by atoms with van der Waals surface area (Å²) >= 11 is 0. The first-order chi connectivity index (χ1) is 13.1. The second-order valence-electron chi connectivity index (χ2n) is 6.28. The third-order valence-corrected chi connectivity index (χ3v) is 4.17. The molecule has 0 aliphatic heterocycles. The van der Waals surface area contributed by atoms with Gasteiger partial charge in [-0.2, -0.15) is 0 Å². The fourth-order valence-corrected chi connectivity index (χ4v) is 2.69. The zero-order chi connectivity index (χ0) is 19.1. The number of pyridine rings is 1. The number of nitrogens with zero attached hydrogens (tertiary/aromatic N) is 1. The molecule has 1 amide bonds. The number of nitrogens with one attached hydrogen (secondary N) is 2.